The van der Waals surface area contributed by atoms with E-state index >= 15 is 0 Å². The van der Waals surface area contributed by atoms with Crippen LogP contribution >= 0.6 is 11.6 Å². The van der Waals surface area contributed by atoms with Crippen LogP contribution in [0, 0.1) is 5.82 Å². The fraction of sp³-hybridized carbons (Fsp3) is 0.0476. The first-order chi connectivity index (χ1) is 14.6. The molecule has 0 fully saturated rings. The zero-order chi connectivity index (χ0) is 20.9. The van der Waals surface area contributed by atoms with Gasteiger partial charge in [-0.2, -0.15) is 4.68 Å². The third-order valence-electron chi connectivity index (χ3n) is 4.21. The minimum atomic E-state index is -0.376. The maximum atomic E-state index is 13.0. The fourth-order valence-electron chi connectivity index (χ4n) is 2.77. The predicted molar refractivity (Wildman–Crippen MR) is 109 cm³/mol. The molecule has 0 atom stereocenters. The zero-order valence-electron chi connectivity index (χ0n) is 15.5. The molecule has 0 spiro atoms. The van der Waals surface area contributed by atoms with Crippen molar-refractivity contribution in [2.45, 2.75) is 6.61 Å². The van der Waals surface area contributed by atoms with Crippen LogP contribution in [0.2, 0.25) is 5.02 Å². The molecule has 0 aliphatic rings. The van der Waals surface area contributed by atoms with E-state index in [0.29, 0.717) is 27.7 Å². The van der Waals surface area contributed by atoms with Gasteiger partial charge in [0.15, 0.2) is 0 Å². The van der Waals surface area contributed by atoms with Crippen molar-refractivity contribution < 1.29 is 13.9 Å². The van der Waals surface area contributed by atoms with E-state index in [1.54, 1.807) is 54.6 Å². The van der Waals surface area contributed by atoms with Gasteiger partial charge in [0, 0.05) is 16.8 Å². The van der Waals surface area contributed by atoms with Gasteiger partial charge in [-0.25, -0.2) is 4.39 Å². The number of nitrogens with one attached hydrogen (secondary N) is 1. The van der Waals surface area contributed by atoms with E-state index in [2.05, 4.69) is 20.8 Å². The minimum absolute atomic E-state index is 0.273. The Kier molecular flexibility index (Phi) is 5.67. The highest BCUT2D eigenvalue weighted by Gasteiger charge is 2.15. The van der Waals surface area contributed by atoms with Crippen LogP contribution in [-0.4, -0.2) is 26.1 Å². The first-order valence-corrected chi connectivity index (χ1v) is 9.28. The van der Waals surface area contributed by atoms with Crippen LogP contribution in [0.4, 0.5) is 10.1 Å². The summed E-state index contributed by atoms with van der Waals surface area (Å²) in [5.74, 6) is -0.117. The number of carbonyl (C=O) groups excluding carboxylic acids is 1. The molecule has 0 aliphatic carbocycles. The lowest BCUT2D eigenvalue weighted by Gasteiger charge is -2.12. The third-order valence-corrected chi connectivity index (χ3v) is 4.44. The van der Waals surface area contributed by atoms with Crippen molar-refractivity contribution in [2.24, 2.45) is 0 Å². The standard InChI is InChI=1S/C21H15ClFN5O2/c22-15-6-9-20(28-13-24-26-27-28)19(10-15)21(29)25-17-2-1-3-18(11-17)30-12-14-4-7-16(23)8-5-14/h1-11,13H,12H2,(H,25,29). The third kappa shape index (κ3) is 4.61. The molecule has 1 aromatic heterocycles. The Morgan fingerprint density at radius 3 is 2.70 bits per heavy atom. The van der Waals surface area contributed by atoms with Gasteiger partial charge in [0.05, 0.1) is 11.3 Å². The molecule has 0 unspecified atom stereocenters. The molecule has 0 saturated heterocycles. The largest absolute Gasteiger partial charge is 0.489 e. The maximum absolute atomic E-state index is 13.0. The zero-order valence-corrected chi connectivity index (χ0v) is 16.3. The number of rotatable bonds is 6. The second-order valence-corrected chi connectivity index (χ2v) is 6.75. The number of nitrogens with zero attached hydrogens (tertiary/aromatic N) is 4. The minimum Gasteiger partial charge on any atom is -0.489 e. The molecule has 1 amide bonds. The lowest BCUT2D eigenvalue weighted by Crippen LogP contribution is -2.15. The first kappa shape index (κ1) is 19.5. The molecule has 1 heterocycles. The molecule has 0 bridgehead atoms. The fourth-order valence-corrected chi connectivity index (χ4v) is 2.94. The summed E-state index contributed by atoms with van der Waals surface area (Å²) in [6.45, 7) is 0.273. The van der Waals surface area contributed by atoms with Crippen LogP contribution in [0.3, 0.4) is 0 Å². The summed E-state index contributed by atoms with van der Waals surface area (Å²) < 4.78 is 20.1. The number of halogens is 2. The van der Waals surface area contributed by atoms with E-state index in [1.165, 1.54) is 23.1 Å². The van der Waals surface area contributed by atoms with Gasteiger partial charge in [0.25, 0.3) is 5.91 Å². The van der Waals surface area contributed by atoms with E-state index in [0.717, 1.165) is 5.56 Å². The number of amides is 1. The SMILES string of the molecule is O=C(Nc1cccc(OCc2ccc(F)cc2)c1)c1cc(Cl)ccc1-n1cnnn1. The monoisotopic (exact) mass is 423 g/mol. The highest BCUT2D eigenvalue weighted by Crippen LogP contribution is 2.23. The number of anilines is 1. The summed E-state index contributed by atoms with van der Waals surface area (Å²) in [6, 6.07) is 17.9. The van der Waals surface area contributed by atoms with Crippen molar-refractivity contribution in [1.82, 2.24) is 20.2 Å². The molecule has 4 aromatic rings. The van der Waals surface area contributed by atoms with Crippen molar-refractivity contribution in [3.05, 3.63) is 95.0 Å². The predicted octanol–water partition coefficient (Wildman–Crippen LogP) is 4.29. The Morgan fingerprint density at radius 2 is 1.93 bits per heavy atom. The number of aromatic nitrogens is 4. The van der Waals surface area contributed by atoms with Crippen molar-refractivity contribution >= 4 is 23.2 Å². The number of benzene rings is 3. The van der Waals surface area contributed by atoms with Gasteiger partial charge in [0.1, 0.15) is 24.5 Å². The van der Waals surface area contributed by atoms with Crippen molar-refractivity contribution in [2.75, 3.05) is 5.32 Å². The smallest absolute Gasteiger partial charge is 0.257 e. The van der Waals surface area contributed by atoms with E-state index in [4.69, 9.17) is 16.3 Å². The molecular formula is C21H15ClFN5O2. The van der Waals surface area contributed by atoms with Gasteiger partial charge >= 0.3 is 0 Å². The summed E-state index contributed by atoms with van der Waals surface area (Å²) >= 11 is 6.08. The summed E-state index contributed by atoms with van der Waals surface area (Å²) in [4.78, 5) is 12.9. The Hall–Kier alpha value is -3.78. The maximum Gasteiger partial charge on any atom is 0.257 e. The summed E-state index contributed by atoms with van der Waals surface area (Å²) in [5.41, 5.74) is 2.17. The summed E-state index contributed by atoms with van der Waals surface area (Å²) in [5, 5.41) is 14.3. The Labute approximate surface area is 176 Å². The van der Waals surface area contributed by atoms with Crippen LogP contribution in [0.1, 0.15) is 15.9 Å². The first-order valence-electron chi connectivity index (χ1n) is 8.90. The normalized spacial score (nSPS) is 10.6. The Bertz CT molecular complexity index is 1170. The van der Waals surface area contributed by atoms with Crippen LogP contribution in [-0.2, 0) is 6.61 Å². The van der Waals surface area contributed by atoms with Gasteiger partial charge in [-0.1, -0.05) is 29.8 Å². The van der Waals surface area contributed by atoms with E-state index < -0.39 is 0 Å². The Morgan fingerprint density at radius 1 is 1.10 bits per heavy atom. The highest BCUT2D eigenvalue weighted by molar-refractivity contribution is 6.31. The number of carbonyl (C=O) groups is 1. The van der Waals surface area contributed by atoms with Crippen LogP contribution in [0.15, 0.2) is 73.1 Å². The second-order valence-electron chi connectivity index (χ2n) is 6.31. The highest BCUT2D eigenvalue weighted by atomic mass is 35.5. The lowest BCUT2D eigenvalue weighted by atomic mass is 10.1. The number of hydrogen-bond acceptors (Lipinski definition) is 5. The van der Waals surface area contributed by atoms with Crippen molar-refractivity contribution in [1.29, 1.82) is 0 Å². The average molecular weight is 424 g/mol. The van der Waals surface area contributed by atoms with Crippen molar-refractivity contribution in [3.8, 4) is 11.4 Å². The Balaban J connectivity index is 1.50. The van der Waals surface area contributed by atoms with Gasteiger partial charge < -0.3 is 10.1 Å². The molecule has 0 radical (unpaired) electrons. The van der Waals surface area contributed by atoms with Gasteiger partial charge in [-0.05, 0) is 58.5 Å². The lowest BCUT2D eigenvalue weighted by molar-refractivity contribution is 0.102. The molecular weight excluding hydrogens is 409 g/mol. The molecule has 0 aliphatic heterocycles. The molecule has 7 nitrogen and oxygen atoms in total. The molecule has 1 N–H and O–H groups in total. The van der Waals surface area contributed by atoms with Gasteiger partial charge in [-0.3, -0.25) is 4.79 Å². The van der Waals surface area contributed by atoms with E-state index in [9.17, 15) is 9.18 Å². The molecule has 4 rings (SSSR count). The molecule has 150 valence electrons. The van der Waals surface area contributed by atoms with Crippen molar-refractivity contribution in [3.63, 3.8) is 0 Å². The number of ether oxygens (including phenoxy) is 1. The van der Waals surface area contributed by atoms with E-state index in [1.807, 2.05) is 0 Å². The number of hydrogen-bond donors (Lipinski definition) is 1. The quantitative estimate of drug-likeness (QED) is 0.500. The van der Waals surface area contributed by atoms with Crippen LogP contribution in [0.5, 0.6) is 5.75 Å². The average Bonchev–Trinajstić information content (AvgIpc) is 3.28. The molecule has 30 heavy (non-hydrogen) atoms. The topological polar surface area (TPSA) is 81.9 Å². The molecule has 0 saturated carbocycles. The molecule has 9 heteroatoms. The summed E-state index contributed by atoms with van der Waals surface area (Å²) in [6.07, 6.45) is 1.39. The van der Waals surface area contributed by atoms with Gasteiger partial charge in [-0.15, -0.1) is 5.10 Å². The van der Waals surface area contributed by atoms with Crippen LogP contribution in [0.25, 0.3) is 5.69 Å². The molecule has 3 aromatic carbocycles. The van der Waals surface area contributed by atoms with Gasteiger partial charge in [0.2, 0.25) is 0 Å². The summed E-state index contributed by atoms with van der Waals surface area (Å²) in [7, 11) is 0. The van der Waals surface area contributed by atoms with E-state index in [-0.39, 0.29) is 18.3 Å². The number of tetrazole rings is 1. The van der Waals surface area contributed by atoms with Crippen LogP contribution < -0.4 is 10.1 Å². The second kappa shape index (κ2) is 8.71.